The van der Waals surface area contributed by atoms with Gasteiger partial charge in [0.1, 0.15) is 0 Å². The van der Waals surface area contributed by atoms with Crippen molar-refractivity contribution < 1.29 is 8.42 Å². The standard InChI is InChI=1S/C23H27N3O2S2/c24-23-26(21-15-30(27,28)16-22(21)29-23)20-8-6-19(7-9-20)25-12-10-18(11-13-25)14-17-4-2-1-3-5-17/h1-9,18,21-22,24H,10-16H2/t21-,22+/m1/s1. The first kappa shape index (κ1) is 19.9. The summed E-state index contributed by atoms with van der Waals surface area (Å²) in [5, 5.41) is 8.78. The lowest BCUT2D eigenvalue weighted by Crippen LogP contribution is -2.37. The number of piperidine rings is 1. The molecule has 3 aliphatic rings. The second-order valence-corrected chi connectivity index (χ2v) is 12.0. The van der Waals surface area contributed by atoms with E-state index in [1.807, 2.05) is 17.0 Å². The molecule has 0 aliphatic carbocycles. The van der Waals surface area contributed by atoms with Gasteiger partial charge in [0.2, 0.25) is 0 Å². The molecule has 158 valence electrons. The largest absolute Gasteiger partial charge is 0.372 e. The molecular formula is C23H27N3O2S2. The zero-order valence-electron chi connectivity index (χ0n) is 16.9. The second-order valence-electron chi connectivity index (χ2n) is 8.61. The molecule has 0 amide bonds. The maximum absolute atomic E-state index is 12.0. The van der Waals surface area contributed by atoms with Crippen LogP contribution in [-0.4, -0.2) is 49.5 Å². The van der Waals surface area contributed by atoms with Crippen molar-refractivity contribution >= 4 is 38.1 Å². The molecule has 0 radical (unpaired) electrons. The summed E-state index contributed by atoms with van der Waals surface area (Å²) in [6, 6.07) is 19.0. The molecular weight excluding hydrogens is 414 g/mol. The maximum Gasteiger partial charge on any atom is 0.161 e. The molecule has 3 fully saturated rings. The number of rotatable bonds is 4. The van der Waals surface area contributed by atoms with Crippen LogP contribution in [0, 0.1) is 11.3 Å². The minimum atomic E-state index is -2.99. The van der Waals surface area contributed by atoms with Gasteiger partial charge in [-0.3, -0.25) is 5.41 Å². The topological polar surface area (TPSA) is 64.5 Å². The summed E-state index contributed by atoms with van der Waals surface area (Å²) in [7, 11) is -2.99. The van der Waals surface area contributed by atoms with Gasteiger partial charge in [0.25, 0.3) is 0 Å². The Morgan fingerprint density at radius 1 is 0.933 bits per heavy atom. The van der Waals surface area contributed by atoms with Crippen molar-refractivity contribution in [2.45, 2.75) is 30.6 Å². The van der Waals surface area contributed by atoms with E-state index in [-0.39, 0.29) is 22.8 Å². The van der Waals surface area contributed by atoms with E-state index in [4.69, 9.17) is 5.41 Å². The molecule has 0 aromatic heterocycles. The van der Waals surface area contributed by atoms with Crippen molar-refractivity contribution in [3.63, 3.8) is 0 Å². The van der Waals surface area contributed by atoms with Crippen molar-refractivity contribution in [3.05, 3.63) is 60.2 Å². The number of sulfone groups is 1. The summed E-state index contributed by atoms with van der Waals surface area (Å²) >= 11 is 1.39. The van der Waals surface area contributed by atoms with E-state index in [0.717, 1.165) is 31.1 Å². The Hall–Kier alpha value is -1.99. The molecule has 2 aromatic rings. The second kappa shape index (κ2) is 7.93. The number of nitrogens with one attached hydrogen (secondary N) is 1. The fraction of sp³-hybridized carbons (Fsp3) is 0.435. The molecule has 5 nitrogen and oxygen atoms in total. The molecule has 5 rings (SSSR count). The third-order valence-corrected chi connectivity index (χ3v) is 9.69. The Bertz CT molecular complexity index is 1020. The van der Waals surface area contributed by atoms with Crippen LogP contribution in [0.3, 0.4) is 0 Å². The lowest BCUT2D eigenvalue weighted by Gasteiger charge is -2.34. The van der Waals surface area contributed by atoms with Crippen LogP contribution in [-0.2, 0) is 16.3 Å². The van der Waals surface area contributed by atoms with Gasteiger partial charge in [-0.05, 0) is 55.0 Å². The van der Waals surface area contributed by atoms with E-state index in [9.17, 15) is 8.42 Å². The van der Waals surface area contributed by atoms with Gasteiger partial charge >= 0.3 is 0 Å². The number of benzene rings is 2. The number of hydrogen-bond donors (Lipinski definition) is 1. The van der Waals surface area contributed by atoms with Crippen LogP contribution in [0.2, 0.25) is 0 Å². The van der Waals surface area contributed by atoms with Gasteiger partial charge in [-0.2, -0.15) is 0 Å². The molecule has 0 spiro atoms. The molecule has 2 atom stereocenters. The summed E-state index contributed by atoms with van der Waals surface area (Å²) in [5.41, 5.74) is 3.57. The van der Waals surface area contributed by atoms with Crippen molar-refractivity contribution in [1.29, 1.82) is 5.41 Å². The molecule has 0 unspecified atom stereocenters. The first-order chi connectivity index (χ1) is 14.5. The molecule has 1 N–H and O–H groups in total. The van der Waals surface area contributed by atoms with Gasteiger partial charge < -0.3 is 9.80 Å². The number of anilines is 2. The third-order valence-electron chi connectivity index (χ3n) is 6.56. The highest BCUT2D eigenvalue weighted by Gasteiger charge is 2.48. The molecule has 0 bridgehead atoms. The Morgan fingerprint density at radius 2 is 1.60 bits per heavy atom. The van der Waals surface area contributed by atoms with Gasteiger partial charge in [-0.25, -0.2) is 8.42 Å². The Kier molecular flexibility index (Phi) is 5.27. The minimum Gasteiger partial charge on any atom is -0.372 e. The molecule has 3 heterocycles. The van der Waals surface area contributed by atoms with E-state index in [2.05, 4.69) is 47.4 Å². The minimum absolute atomic E-state index is 0.00850. The number of thioether (sulfide) groups is 1. The summed E-state index contributed by atoms with van der Waals surface area (Å²) < 4.78 is 24.0. The van der Waals surface area contributed by atoms with Crippen LogP contribution < -0.4 is 9.80 Å². The summed E-state index contributed by atoms with van der Waals surface area (Å²) in [6.07, 6.45) is 3.56. The number of hydrogen-bond acceptors (Lipinski definition) is 5. The Morgan fingerprint density at radius 3 is 2.30 bits per heavy atom. The van der Waals surface area contributed by atoms with Crippen LogP contribution >= 0.6 is 11.8 Å². The van der Waals surface area contributed by atoms with Crippen LogP contribution in [0.15, 0.2) is 54.6 Å². The monoisotopic (exact) mass is 441 g/mol. The quantitative estimate of drug-likeness (QED) is 0.782. The molecule has 3 saturated heterocycles. The highest BCUT2D eigenvalue weighted by Crippen LogP contribution is 2.40. The Balaban J connectivity index is 1.22. The van der Waals surface area contributed by atoms with Crippen molar-refractivity contribution in [1.82, 2.24) is 0 Å². The highest BCUT2D eigenvalue weighted by atomic mass is 32.2. The van der Waals surface area contributed by atoms with Crippen molar-refractivity contribution in [2.24, 2.45) is 5.92 Å². The SMILES string of the molecule is N=C1S[C@H]2CS(=O)(=O)C[C@H]2N1c1ccc(N2CCC(Cc3ccccc3)CC2)cc1. The van der Waals surface area contributed by atoms with E-state index in [1.54, 1.807) is 0 Å². The predicted octanol–water partition coefficient (Wildman–Crippen LogP) is 3.80. The highest BCUT2D eigenvalue weighted by molar-refractivity contribution is 8.15. The first-order valence-corrected chi connectivity index (χ1v) is 13.3. The molecule has 2 aromatic carbocycles. The fourth-order valence-electron chi connectivity index (χ4n) is 4.98. The van der Waals surface area contributed by atoms with Gasteiger partial charge in [0.15, 0.2) is 15.0 Å². The smallest absolute Gasteiger partial charge is 0.161 e. The predicted molar refractivity (Wildman–Crippen MR) is 126 cm³/mol. The Labute approximate surface area is 182 Å². The zero-order chi connectivity index (χ0) is 20.7. The lowest BCUT2D eigenvalue weighted by atomic mass is 9.90. The van der Waals surface area contributed by atoms with E-state index in [1.165, 1.54) is 35.9 Å². The summed E-state index contributed by atoms with van der Waals surface area (Å²) in [5.74, 6) is 1.09. The van der Waals surface area contributed by atoms with E-state index >= 15 is 0 Å². The summed E-state index contributed by atoms with van der Waals surface area (Å²) in [6.45, 7) is 2.13. The van der Waals surface area contributed by atoms with Gasteiger partial charge in [-0.15, -0.1) is 0 Å². The van der Waals surface area contributed by atoms with Crippen LogP contribution in [0.25, 0.3) is 0 Å². The van der Waals surface area contributed by atoms with E-state index < -0.39 is 9.84 Å². The number of amidine groups is 1. The molecule has 3 aliphatic heterocycles. The van der Waals surface area contributed by atoms with Crippen LogP contribution in [0.5, 0.6) is 0 Å². The summed E-state index contributed by atoms with van der Waals surface area (Å²) in [4.78, 5) is 4.36. The van der Waals surface area contributed by atoms with Gasteiger partial charge in [-0.1, -0.05) is 42.1 Å². The van der Waals surface area contributed by atoms with Crippen LogP contribution in [0.1, 0.15) is 18.4 Å². The average Bonchev–Trinajstić information content (AvgIpc) is 3.19. The maximum atomic E-state index is 12.0. The molecule has 30 heavy (non-hydrogen) atoms. The van der Waals surface area contributed by atoms with Gasteiger partial charge in [0.05, 0.1) is 17.5 Å². The third kappa shape index (κ3) is 3.97. The van der Waals surface area contributed by atoms with Crippen LogP contribution in [0.4, 0.5) is 11.4 Å². The van der Waals surface area contributed by atoms with Gasteiger partial charge in [0, 0.05) is 29.7 Å². The molecule has 7 heteroatoms. The number of nitrogens with zero attached hydrogens (tertiary/aromatic N) is 2. The normalized spacial score (nSPS) is 26.2. The van der Waals surface area contributed by atoms with E-state index in [0.29, 0.717) is 5.17 Å². The number of fused-ring (bicyclic) bond motifs is 1. The van der Waals surface area contributed by atoms with Crippen molar-refractivity contribution in [3.8, 4) is 0 Å². The average molecular weight is 442 g/mol. The lowest BCUT2D eigenvalue weighted by molar-refractivity contribution is 0.404. The molecule has 0 saturated carbocycles. The zero-order valence-corrected chi connectivity index (χ0v) is 18.5. The van der Waals surface area contributed by atoms with Crippen molar-refractivity contribution in [2.75, 3.05) is 34.4 Å². The fourth-order valence-corrected chi connectivity index (χ4v) is 8.77. The first-order valence-electron chi connectivity index (χ1n) is 10.6.